The van der Waals surface area contributed by atoms with Gasteiger partial charge in [0.2, 0.25) is 0 Å². The molecule has 1 aliphatic heterocycles. The van der Waals surface area contributed by atoms with E-state index in [0.29, 0.717) is 24.8 Å². The largest absolute Gasteiger partial charge is 0.379 e. The molecule has 1 fully saturated rings. The summed E-state index contributed by atoms with van der Waals surface area (Å²) in [5.74, 6) is 0. The molecule has 0 radical (unpaired) electrons. The fraction of sp³-hybridized carbons (Fsp3) is 0.368. The molecule has 0 bridgehead atoms. The highest BCUT2D eigenvalue weighted by atomic mass is 35.5. The Morgan fingerprint density at radius 2 is 1.86 bits per heavy atom. The van der Waals surface area contributed by atoms with Crippen molar-refractivity contribution >= 4 is 32.8 Å². The number of halogens is 1. The maximum Gasteiger partial charge on any atom is 0.310 e. The van der Waals surface area contributed by atoms with E-state index in [0.717, 1.165) is 24.9 Å². The number of nitrogens with one attached hydrogen (secondary N) is 1. The van der Waals surface area contributed by atoms with Gasteiger partial charge in [0.1, 0.15) is 10.6 Å². The van der Waals surface area contributed by atoms with E-state index in [2.05, 4.69) is 10.2 Å². The number of morpholine rings is 1. The molecule has 3 rings (SSSR count). The van der Waals surface area contributed by atoms with Crippen molar-refractivity contribution in [1.82, 2.24) is 4.90 Å². The first-order valence-corrected chi connectivity index (χ1v) is 11.3. The number of ether oxygens (including phenoxy) is 1. The van der Waals surface area contributed by atoms with Crippen LogP contribution in [0.5, 0.6) is 0 Å². The molecule has 0 aliphatic carbocycles. The third-order valence-corrected chi connectivity index (χ3v) is 6.19. The van der Waals surface area contributed by atoms with E-state index in [1.54, 1.807) is 12.1 Å². The van der Waals surface area contributed by atoms with Crippen molar-refractivity contribution in [3.63, 3.8) is 0 Å². The molecule has 2 aromatic carbocycles. The van der Waals surface area contributed by atoms with Crippen LogP contribution in [0.15, 0.2) is 47.4 Å². The van der Waals surface area contributed by atoms with Crippen LogP contribution in [0.3, 0.4) is 0 Å². The molecular weight excluding hydrogens is 418 g/mol. The van der Waals surface area contributed by atoms with Crippen LogP contribution in [0.1, 0.15) is 11.6 Å². The van der Waals surface area contributed by atoms with Crippen LogP contribution >= 0.6 is 11.6 Å². The van der Waals surface area contributed by atoms with Gasteiger partial charge < -0.3 is 10.1 Å². The summed E-state index contributed by atoms with van der Waals surface area (Å²) in [5.41, 5.74) is 0.739. The van der Waals surface area contributed by atoms with Crippen molar-refractivity contribution in [1.29, 1.82) is 0 Å². The zero-order valence-corrected chi connectivity index (χ0v) is 17.4. The zero-order chi connectivity index (χ0) is 21.0. The highest BCUT2D eigenvalue weighted by Crippen LogP contribution is 2.33. The zero-order valence-electron chi connectivity index (χ0n) is 15.9. The van der Waals surface area contributed by atoms with Gasteiger partial charge in [-0.25, -0.2) is 8.42 Å². The Bertz CT molecular complexity index is 976. The standard InChI is InChI=1S/C19H22ClN3O5S/c1-29(26,27)18-4-2-3-16(19(18)23(24)25)21-13-17(22-9-11-28-12-10-22)14-5-7-15(20)8-6-14/h2-8,17,21H,9-13H2,1H3. The van der Waals surface area contributed by atoms with Crippen LogP contribution in [0.25, 0.3) is 0 Å². The fourth-order valence-corrected chi connectivity index (χ4v) is 4.38. The van der Waals surface area contributed by atoms with Crippen LogP contribution in [-0.2, 0) is 14.6 Å². The van der Waals surface area contributed by atoms with Crippen LogP contribution in [-0.4, -0.2) is 57.3 Å². The highest BCUT2D eigenvalue weighted by Gasteiger charge is 2.28. The summed E-state index contributed by atoms with van der Waals surface area (Å²) in [7, 11) is -3.74. The molecule has 156 valence electrons. The molecule has 1 atom stereocenters. The minimum atomic E-state index is -3.74. The number of hydrogen-bond donors (Lipinski definition) is 1. The van der Waals surface area contributed by atoms with Crippen LogP contribution < -0.4 is 5.32 Å². The average Bonchev–Trinajstić information content (AvgIpc) is 2.69. The maximum absolute atomic E-state index is 12.0. The van der Waals surface area contributed by atoms with Crippen molar-refractivity contribution in [2.24, 2.45) is 0 Å². The molecule has 1 aliphatic rings. The molecule has 0 spiro atoms. The smallest absolute Gasteiger partial charge is 0.310 e. The fourth-order valence-electron chi connectivity index (χ4n) is 3.39. The van der Waals surface area contributed by atoms with Crippen molar-refractivity contribution in [3.05, 3.63) is 63.2 Å². The molecule has 1 saturated heterocycles. The first kappa shape index (κ1) is 21.5. The number of benzene rings is 2. The van der Waals surface area contributed by atoms with Gasteiger partial charge in [-0.3, -0.25) is 15.0 Å². The van der Waals surface area contributed by atoms with E-state index < -0.39 is 20.4 Å². The molecule has 0 aromatic heterocycles. The topological polar surface area (TPSA) is 102 Å². The van der Waals surface area contributed by atoms with Gasteiger partial charge in [-0.15, -0.1) is 0 Å². The van der Waals surface area contributed by atoms with E-state index >= 15 is 0 Å². The van der Waals surface area contributed by atoms with E-state index in [9.17, 15) is 18.5 Å². The lowest BCUT2D eigenvalue weighted by molar-refractivity contribution is -0.386. The molecule has 10 heteroatoms. The Morgan fingerprint density at radius 3 is 2.45 bits per heavy atom. The molecule has 0 amide bonds. The molecule has 29 heavy (non-hydrogen) atoms. The van der Waals surface area contributed by atoms with Crippen LogP contribution in [0.4, 0.5) is 11.4 Å². The second-order valence-electron chi connectivity index (χ2n) is 6.78. The summed E-state index contributed by atoms with van der Waals surface area (Å²) < 4.78 is 29.4. The second-order valence-corrected chi connectivity index (χ2v) is 9.20. The van der Waals surface area contributed by atoms with Crippen molar-refractivity contribution in [2.45, 2.75) is 10.9 Å². The van der Waals surface area contributed by atoms with Gasteiger partial charge in [-0.05, 0) is 29.8 Å². The quantitative estimate of drug-likeness (QED) is 0.522. The Morgan fingerprint density at radius 1 is 1.21 bits per heavy atom. The minimum absolute atomic E-state index is 0.0855. The van der Waals surface area contributed by atoms with Gasteiger partial charge in [0.05, 0.1) is 24.2 Å². The Kier molecular flexibility index (Phi) is 6.74. The lowest BCUT2D eigenvalue weighted by Crippen LogP contribution is -2.41. The van der Waals surface area contributed by atoms with Gasteiger partial charge in [0.15, 0.2) is 9.84 Å². The summed E-state index contributed by atoms with van der Waals surface area (Å²) in [6.45, 7) is 3.01. The first-order chi connectivity index (χ1) is 13.8. The van der Waals surface area contributed by atoms with Gasteiger partial charge in [0.25, 0.3) is 0 Å². The van der Waals surface area contributed by atoms with Crippen LogP contribution in [0, 0.1) is 10.1 Å². The number of para-hydroxylation sites is 1. The van der Waals surface area contributed by atoms with Gasteiger partial charge in [-0.1, -0.05) is 29.8 Å². The predicted octanol–water partition coefficient (Wildman–Crippen LogP) is 3.14. The molecule has 1 unspecified atom stereocenters. The summed E-state index contributed by atoms with van der Waals surface area (Å²) in [4.78, 5) is 12.9. The van der Waals surface area contributed by atoms with Gasteiger partial charge >= 0.3 is 5.69 Å². The lowest BCUT2D eigenvalue weighted by atomic mass is 10.0. The third kappa shape index (κ3) is 5.24. The molecule has 1 heterocycles. The molecule has 8 nitrogen and oxygen atoms in total. The molecule has 2 aromatic rings. The summed E-state index contributed by atoms with van der Waals surface area (Å²) in [6.07, 6.45) is 0.962. The SMILES string of the molecule is CS(=O)(=O)c1cccc(NCC(c2ccc(Cl)cc2)N2CCOCC2)c1[N+](=O)[O-]. The Balaban J connectivity index is 1.91. The van der Waals surface area contributed by atoms with Gasteiger partial charge in [0, 0.05) is 30.9 Å². The van der Waals surface area contributed by atoms with Crippen molar-refractivity contribution in [3.8, 4) is 0 Å². The van der Waals surface area contributed by atoms with Gasteiger partial charge in [-0.2, -0.15) is 0 Å². The third-order valence-electron chi connectivity index (χ3n) is 4.81. The Hall–Kier alpha value is -2.20. The number of sulfone groups is 1. The lowest BCUT2D eigenvalue weighted by Gasteiger charge is -2.35. The average molecular weight is 440 g/mol. The van der Waals surface area contributed by atoms with Crippen molar-refractivity contribution < 1.29 is 18.1 Å². The molecular formula is C19H22ClN3O5S. The summed E-state index contributed by atoms with van der Waals surface area (Å²) >= 11 is 6.01. The van der Waals surface area contributed by atoms with E-state index in [-0.39, 0.29) is 16.6 Å². The van der Waals surface area contributed by atoms with E-state index in [4.69, 9.17) is 16.3 Å². The van der Waals surface area contributed by atoms with Crippen LogP contribution in [0.2, 0.25) is 5.02 Å². The second kappa shape index (κ2) is 9.08. The summed E-state index contributed by atoms with van der Waals surface area (Å²) in [5, 5.41) is 15.3. The predicted molar refractivity (Wildman–Crippen MR) is 111 cm³/mol. The first-order valence-electron chi connectivity index (χ1n) is 9.06. The number of anilines is 1. The number of rotatable bonds is 7. The molecule has 0 saturated carbocycles. The number of hydrogen-bond acceptors (Lipinski definition) is 7. The van der Waals surface area contributed by atoms with Crippen molar-refractivity contribution in [2.75, 3.05) is 44.4 Å². The Labute approximate surface area is 174 Å². The van der Waals surface area contributed by atoms with E-state index in [1.165, 1.54) is 18.2 Å². The monoisotopic (exact) mass is 439 g/mol. The van der Waals surface area contributed by atoms with E-state index in [1.807, 2.05) is 12.1 Å². The number of nitro groups is 1. The normalized spacial score (nSPS) is 16.3. The number of nitrogens with zero attached hydrogens (tertiary/aromatic N) is 2. The highest BCUT2D eigenvalue weighted by molar-refractivity contribution is 7.90. The minimum Gasteiger partial charge on any atom is -0.379 e. The summed E-state index contributed by atoms with van der Waals surface area (Å²) in [6, 6.07) is 11.6. The molecule has 1 N–H and O–H groups in total. The number of nitro benzene ring substituents is 1. The maximum atomic E-state index is 12.0.